The number of carbonyl (C=O) groups is 1. The first kappa shape index (κ1) is 11.9. The standard InChI is InChI=1S/C16H21NO/c18-16(13-6-2-1-3-7-13)12-15-10-9-14-8-4-5-11-17(14)15/h1-3,6-7,14-15H,4-5,8-12H2. The Hall–Kier alpha value is -1.15. The van der Waals surface area contributed by atoms with Crippen LogP contribution in [0.2, 0.25) is 0 Å². The molecule has 2 heteroatoms. The summed E-state index contributed by atoms with van der Waals surface area (Å²) in [5.41, 5.74) is 0.873. The van der Waals surface area contributed by atoms with Crippen molar-refractivity contribution >= 4 is 5.78 Å². The number of rotatable bonds is 3. The maximum atomic E-state index is 12.2. The first-order chi connectivity index (χ1) is 8.84. The van der Waals surface area contributed by atoms with Crippen LogP contribution in [0.25, 0.3) is 0 Å². The van der Waals surface area contributed by atoms with Crippen molar-refractivity contribution in [2.75, 3.05) is 6.54 Å². The van der Waals surface area contributed by atoms with E-state index in [1.165, 1.54) is 38.6 Å². The van der Waals surface area contributed by atoms with Gasteiger partial charge in [0.1, 0.15) is 0 Å². The molecule has 1 aromatic rings. The van der Waals surface area contributed by atoms with E-state index in [2.05, 4.69) is 4.90 Å². The summed E-state index contributed by atoms with van der Waals surface area (Å²) >= 11 is 0. The van der Waals surface area contributed by atoms with Crippen molar-refractivity contribution in [3.8, 4) is 0 Å². The van der Waals surface area contributed by atoms with Gasteiger partial charge >= 0.3 is 0 Å². The molecule has 2 fully saturated rings. The summed E-state index contributed by atoms with van der Waals surface area (Å²) < 4.78 is 0. The number of fused-ring (bicyclic) bond motifs is 1. The van der Waals surface area contributed by atoms with Crippen LogP contribution in [0.1, 0.15) is 48.9 Å². The Balaban J connectivity index is 1.65. The molecule has 2 aliphatic rings. The van der Waals surface area contributed by atoms with Gasteiger partial charge in [0.2, 0.25) is 0 Å². The summed E-state index contributed by atoms with van der Waals surface area (Å²) in [7, 11) is 0. The van der Waals surface area contributed by atoms with Crippen LogP contribution in [0.5, 0.6) is 0 Å². The summed E-state index contributed by atoms with van der Waals surface area (Å²) in [5, 5.41) is 0. The topological polar surface area (TPSA) is 20.3 Å². The van der Waals surface area contributed by atoms with Crippen molar-refractivity contribution in [2.24, 2.45) is 0 Å². The first-order valence-electron chi connectivity index (χ1n) is 7.18. The monoisotopic (exact) mass is 243 g/mol. The van der Waals surface area contributed by atoms with Gasteiger partial charge in [0.15, 0.2) is 5.78 Å². The van der Waals surface area contributed by atoms with Crippen LogP contribution < -0.4 is 0 Å². The van der Waals surface area contributed by atoms with Crippen molar-refractivity contribution in [1.82, 2.24) is 4.90 Å². The van der Waals surface area contributed by atoms with Gasteiger partial charge in [-0.15, -0.1) is 0 Å². The predicted molar refractivity (Wildman–Crippen MR) is 72.8 cm³/mol. The fraction of sp³-hybridized carbons (Fsp3) is 0.562. The molecule has 0 N–H and O–H groups in total. The van der Waals surface area contributed by atoms with E-state index in [1.807, 2.05) is 30.3 Å². The van der Waals surface area contributed by atoms with Gasteiger partial charge in [-0.25, -0.2) is 0 Å². The van der Waals surface area contributed by atoms with Crippen LogP contribution in [0, 0.1) is 0 Å². The summed E-state index contributed by atoms with van der Waals surface area (Å²) in [6.07, 6.45) is 7.25. The van der Waals surface area contributed by atoms with Crippen molar-refractivity contribution in [1.29, 1.82) is 0 Å². The highest BCUT2D eigenvalue weighted by Crippen LogP contribution is 2.33. The molecule has 0 saturated carbocycles. The average molecular weight is 243 g/mol. The Labute approximate surface area is 109 Å². The second-order valence-electron chi connectivity index (χ2n) is 5.61. The molecular formula is C16H21NO. The normalized spacial score (nSPS) is 28.0. The number of Topliss-reactive ketones (excluding diaryl/α,β-unsaturated/α-hetero) is 1. The highest BCUT2D eigenvalue weighted by molar-refractivity contribution is 5.96. The smallest absolute Gasteiger partial charge is 0.164 e. The van der Waals surface area contributed by atoms with Gasteiger partial charge in [0, 0.05) is 24.1 Å². The third kappa shape index (κ3) is 2.35. The lowest BCUT2D eigenvalue weighted by molar-refractivity contribution is 0.0899. The van der Waals surface area contributed by atoms with E-state index in [0.717, 1.165) is 11.6 Å². The van der Waals surface area contributed by atoms with E-state index in [9.17, 15) is 4.79 Å². The molecule has 2 atom stereocenters. The minimum atomic E-state index is 0.312. The number of hydrogen-bond donors (Lipinski definition) is 0. The largest absolute Gasteiger partial charge is 0.297 e. The number of carbonyl (C=O) groups excluding carboxylic acids is 1. The van der Waals surface area contributed by atoms with Crippen molar-refractivity contribution in [3.63, 3.8) is 0 Å². The Morgan fingerprint density at radius 1 is 1.11 bits per heavy atom. The minimum Gasteiger partial charge on any atom is -0.297 e. The van der Waals surface area contributed by atoms with Gasteiger partial charge in [-0.3, -0.25) is 9.69 Å². The maximum Gasteiger partial charge on any atom is 0.164 e. The van der Waals surface area contributed by atoms with E-state index in [4.69, 9.17) is 0 Å². The van der Waals surface area contributed by atoms with Crippen LogP contribution in [0.4, 0.5) is 0 Å². The van der Waals surface area contributed by atoms with E-state index in [0.29, 0.717) is 18.2 Å². The number of nitrogens with zero attached hydrogens (tertiary/aromatic N) is 1. The lowest BCUT2D eigenvalue weighted by Crippen LogP contribution is -2.40. The molecule has 3 rings (SSSR count). The van der Waals surface area contributed by atoms with E-state index in [1.54, 1.807) is 0 Å². The highest BCUT2D eigenvalue weighted by atomic mass is 16.1. The maximum absolute atomic E-state index is 12.2. The molecular weight excluding hydrogens is 222 g/mol. The predicted octanol–water partition coefficient (Wildman–Crippen LogP) is 3.28. The number of benzene rings is 1. The van der Waals surface area contributed by atoms with Crippen LogP contribution in [0.3, 0.4) is 0 Å². The Bertz CT molecular complexity index is 414. The second-order valence-corrected chi connectivity index (χ2v) is 5.61. The molecule has 2 nitrogen and oxygen atoms in total. The van der Waals surface area contributed by atoms with E-state index >= 15 is 0 Å². The zero-order valence-corrected chi connectivity index (χ0v) is 10.8. The average Bonchev–Trinajstić information content (AvgIpc) is 2.83. The number of piperidine rings is 1. The summed E-state index contributed by atoms with van der Waals surface area (Å²) in [4.78, 5) is 14.9. The Kier molecular flexibility index (Phi) is 3.46. The molecule has 0 spiro atoms. The molecule has 2 heterocycles. The van der Waals surface area contributed by atoms with Crippen LogP contribution in [-0.2, 0) is 0 Å². The molecule has 96 valence electrons. The van der Waals surface area contributed by atoms with Gasteiger partial charge in [-0.2, -0.15) is 0 Å². The Morgan fingerprint density at radius 2 is 1.94 bits per heavy atom. The second kappa shape index (κ2) is 5.23. The van der Waals surface area contributed by atoms with Gasteiger partial charge < -0.3 is 0 Å². The van der Waals surface area contributed by atoms with Crippen molar-refractivity contribution < 1.29 is 4.79 Å². The zero-order valence-electron chi connectivity index (χ0n) is 10.8. The lowest BCUT2D eigenvalue weighted by Gasteiger charge is -2.33. The van der Waals surface area contributed by atoms with Gasteiger partial charge in [0.05, 0.1) is 0 Å². The number of hydrogen-bond acceptors (Lipinski definition) is 2. The minimum absolute atomic E-state index is 0.312. The summed E-state index contributed by atoms with van der Waals surface area (Å²) in [5.74, 6) is 0.312. The first-order valence-corrected chi connectivity index (χ1v) is 7.18. The molecule has 0 bridgehead atoms. The molecule has 0 aliphatic carbocycles. The fourth-order valence-corrected chi connectivity index (χ4v) is 3.54. The van der Waals surface area contributed by atoms with Gasteiger partial charge in [-0.05, 0) is 32.2 Å². The van der Waals surface area contributed by atoms with Crippen LogP contribution in [0.15, 0.2) is 30.3 Å². The quantitative estimate of drug-likeness (QED) is 0.759. The Morgan fingerprint density at radius 3 is 2.78 bits per heavy atom. The number of ketones is 1. The highest BCUT2D eigenvalue weighted by Gasteiger charge is 2.35. The van der Waals surface area contributed by atoms with Gasteiger partial charge in [-0.1, -0.05) is 36.8 Å². The SMILES string of the molecule is O=C(CC1CCC2CCCCN21)c1ccccc1. The molecule has 2 saturated heterocycles. The summed E-state index contributed by atoms with van der Waals surface area (Å²) in [6.45, 7) is 1.21. The third-order valence-corrected chi connectivity index (χ3v) is 4.49. The molecule has 18 heavy (non-hydrogen) atoms. The van der Waals surface area contributed by atoms with Crippen LogP contribution in [-0.4, -0.2) is 29.3 Å². The summed E-state index contributed by atoms with van der Waals surface area (Å²) in [6, 6.07) is 11.0. The molecule has 2 aliphatic heterocycles. The lowest BCUT2D eigenvalue weighted by atomic mass is 10.0. The molecule has 0 radical (unpaired) electrons. The molecule has 2 unspecified atom stereocenters. The fourth-order valence-electron chi connectivity index (χ4n) is 3.54. The third-order valence-electron chi connectivity index (χ3n) is 4.49. The van der Waals surface area contributed by atoms with E-state index in [-0.39, 0.29) is 0 Å². The molecule has 0 amide bonds. The van der Waals surface area contributed by atoms with Crippen molar-refractivity contribution in [2.45, 2.75) is 50.6 Å². The van der Waals surface area contributed by atoms with E-state index < -0.39 is 0 Å². The zero-order chi connectivity index (χ0) is 12.4. The molecule has 1 aromatic carbocycles. The van der Waals surface area contributed by atoms with Gasteiger partial charge in [0.25, 0.3) is 0 Å². The molecule has 0 aromatic heterocycles. The van der Waals surface area contributed by atoms with Crippen LogP contribution >= 0.6 is 0 Å². The van der Waals surface area contributed by atoms with Crippen molar-refractivity contribution in [3.05, 3.63) is 35.9 Å².